The minimum absolute atomic E-state index is 0.0292. The molecule has 1 saturated heterocycles. The lowest BCUT2D eigenvalue weighted by molar-refractivity contribution is -0.174. The Balaban J connectivity index is 2.02. The summed E-state index contributed by atoms with van der Waals surface area (Å²) in [5, 5.41) is 0. The summed E-state index contributed by atoms with van der Waals surface area (Å²) in [7, 11) is 0. The number of rotatable bonds is 6. The minimum atomic E-state index is -4.23. The zero-order chi connectivity index (χ0) is 12.7. The van der Waals surface area contributed by atoms with Crippen LogP contribution in [0.4, 0.5) is 13.2 Å². The van der Waals surface area contributed by atoms with Gasteiger partial charge >= 0.3 is 6.18 Å². The van der Waals surface area contributed by atoms with Crippen molar-refractivity contribution in [3.05, 3.63) is 0 Å². The van der Waals surface area contributed by atoms with Gasteiger partial charge < -0.3 is 9.47 Å². The van der Waals surface area contributed by atoms with E-state index < -0.39 is 12.8 Å². The molecule has 1 atom stereocenters. The number of nitrogens with zero attached hydrogens (tertiary/aromatic N) is 1. The van der Waals surface area contributed by atoms with Gasteiger partial charge in [-0.25, -0.2) is 0 Å². The van der Waals surface area contributed by atoms with Gasteiger partial charge in [-0.2, -0.15) is 13.2 Å². The van der Waals surface area contributed by atoms with Gasteiger partial charge in [0.1, 0.15) is 6.61 Å². The van der Waals surface area contributed by atoms with Crippen molar-refractivity contribution in [3.8, 4) is 0 Å². The molecule has 0 bridgehead atoms. The van der Waals surface area contributed by atoms with Crippen molar-refractivity contribution >= 4 is 11.6 Å². The second kappa shape index (κ2) is 7.41. The summed E-state index contributed by atoms with van der Waals surface area (Å²) in [5.74, 6) is 0.446. The number of ether oxygens (including phenoxy) is 2. The molecule has 1 heterocycles. The molecule has 17 heavy (non-hydrogen) atoms. The van der Waals surface area contributed by atoms with Crippen LogP contribution >= 0.6 is 11.6 Å². The van der Waals surface area contributed by atoms with E-state index in [0.29, 0.717) is 25.5 Å². The van der Waals surface area contributed by atoms with Crippen molar-refractivity contribution in [2.75, 3.05) is 45.3 Å². The summed E-state index contributed by atoms with van der Waals surface area (Å²) in [6.45, 7) is 1.84. The Kier molecular flexibility index (Phi) is 6.54. The first-order valence-electron chi connectivity index (χ1n) is 5.55. The molecule has 0 aromatic rings. The summed E-state index contributed by atoms with van der Waals surface area (Å²) in [5.41, 5.74) is 0. The fourth-order valence-corrected chi connectivity index (χ4v) is 1.84. The highest BCUT2D eigenvalue weighted by Crippen LogP contribution is 2.14. The van der Waals surface area contributed by atoms with Gasteiger partial charge in [-0.05, 0) is 6.42 Å². The van der Waals surface area contributed by atoms with Crippen molar-refractivity contribution in [3.63, 3.8) is 0 Å². The molecule has 0 N–H and O–H groups in total. The van der Waals surface area contributed by atoms with E-state index in [2.05, 4.69) is 9.64 Å². The molecule has 3 nitrogen and oxygen atoms in total. The van der Waals surface area contributed by atoms with Crippen molar-refractivity contribution in [1.29, 1.82) is 0 Å². The van der Waals surface area contributed by atoms with E-state index in [0.717, 1.165) is 13.1 Å². The molecule has 0 spiro atoms. The molecule has 0 aromatic heterocycles. The molecule has 1 fully saturated rings. The third-order valence-electron chi connectivity index (χ3n) is 2.42. The molecule has 0 radical (unpaired) electrons. The SMILES string of the molecule is FC(F)(F)COCCCN1CCOC(CCl)C1. The summed E-state index contributed by atoms with van der Waals surface area (Å²) in [4.78, 5) is 2.13. The van der Waals surface area contributed by atoms with E-state index in [1.165, 1.54) is 0 Å². The molecule has 102 valence electrons. The first-order valence-corrected chi connectivity index (χ1v) is 6.09. The maximum atomic E-state index is 11.8. The maximum absolute atomic E-state index is 11.8. The van der Waals surface area contributed by atoms with Gasteiger partial charge in [0.05, 0.1) is 12.7 Å². The molecule has 0 aliphatic carbocycles. The minimum Gasteiger partial charge on any atom is -0.374 e. The smallest absolute Gasteiger partial charge is 0.374 e. The summed E-state index contributed by atoms with van der Waals surface area (Å²) in [6.07, 6.45) is -3.62. The van der Waals surface area contributed by atoms with E-state index in [9.17, 15) is 13.2 Å². The molecule has 1 rings (SSSR count). The molecular weight excluding hydrogens is 259 g/mol. The van der Waals surface area contributed by atoms with Crippen LogP contribution in [0.1, 0.15) is 6.42 Å². The highest BCUT2D eigenvalue weighted by atomic mass is 35.5. The number of hydrogen-bond donors (Lipinski definition) is 0. The van der Waals surface area contributed by atoms with Crippen LogP contribution in [0.3, 0.4) is 0 Å². The summed E-state index contributed by atoms with van der Waals surface area (Å²) < 4.78 is 45.2. The molecule has 0 aromatic carbocycles. The second-order valence-corrected chi connectivity index (χ2v) is 4.28. The van der Waals surface area contributed by atoms with Crippen LogP contribution in [0, 0.1) is 0 Å². The average molecular weight is 276 g/mol. The monoisotopic (exact) mass is 275 g/mol. The van der Waals surface area contributed by atoms with Gasteiger partial charge in [0.25, 0.3) is 0 Å². The van der Waals surface area contributed by atoms with Gasteiger partial charge in [0.2, 0.25) is 0 Å². The quantitative estimate of drug-likeness (QED) is 0.546. The van der Waals surface area contributed by atoms with Crippen molar-refractivity contribution in [2.24, 2.45) is 0 Å². The number of halogens is 4. The van der Waals surface area contributed by atoms with E-state index in [1.807, 2.05) is 0 Å². The van der Waals surface area contributed by atoms with Crippen LogP contribution in [-0.2, 0) is 9.47 Å². The lowest BCUT2D eigenvalue weighted by Crippen LogP contribution is -2.43. The Hall–Kier alpha value is -0.0400. The topological polar surface area (TPSA) is 21.7 Å². The van der Waals surface area contributed by atoms with Crippen LogP contribution < -0.4 is 0 Å². The summed E-state index contributed by atoms with van der Waals surface area (Å²) in [6, 6.07) is 0. The van der Waals surface area contributed by atoms with Gasteiger partial charge in [0.15, 0.2) is 0 Å². The lowest BCUT2D eigenvalue weighted by Gasteiger charge is -2.31. The molecular formula is C10H17ClF3NO2. The first kappa shape index (κ1) is 15.0. The van der Waals surface area contributed by atoms with E-state index in [4.69, 9.17) is 16.3 Å². The normalized spacial score (nSPS) is 22.9. The molecule has 0 amide bonds. The van der Waals surface area contributed by atoms with Gasteiger partial charge in [0, 0.05) is 32.1 Å². The zero-order valence-electron chi connectivity index (χ0n) is 9.51. The molecule has 1 aliphatic rings. The van der Waals surface area contributed by atoms with Crippen LogP contribution in [0.25, 0.3) is 0 Å². The van der Waals surface area contributed by atoms with Crippen LogP contribution in [0.15, 0.2) is 0 Å². The summed E-state index contributed by atoms with van der Waals surface area (Å²) >= 11 is 5.68. The Morgan fingerprint density at radius 1 is 1.41 bits per heavy atom. The number of morpholine rings is 1. The Morgan fingerprint density at radius 2 is 2.18 bits per heavy atom. The maximum Gasteiger partial charge on any atom is 0.411 e. The Morgan fingerprint density at radius 3 is 2.82 bits per heavy atom. The second-order valence-electron chi connectivity index (χ2n) is 3.97. The largest absolute Gasteiger partial charge is 0.411 e. The van der Waals surface area contributed by atoms with Crippen molar-refractivity contribution in [2.45, 2.75) is 18.7 Å². The third-order valence-corrected chi connectivity index (χ3v) is 2.77. The predicted molar refractivity (Wildman–Crippen MR) is 58.4 cm³/mol. The van der Waals surface area contributed by atoms with Gasteiger partial charge in [-0.15, -0.1) is 11.6 Å². The predicted octanol–water partition coefficient (Wildman–Crippen LogP) is 1.89. The van der Waals surface area contributed by atoms with Gasteiger partial charge in [-0.3, -0.25) is 4.90 Å². The van der Waals surface area contributed by atoms with Crippen molar-refractivity contribution < 1.29 is 22.6 Å². The molecule has 1 aliphatic heterocycles. The average Bonchev–Trinajstić information content (AvgIpc) is 2.27. The highest BCUT2D eigenvalue weighted by Gasteiger charge is 2.27. The highest BCUT2D eigenvalue weighted by molar-refractivity contribution is 6.18. The van der Waals surface area contributed by atoms with E-state index in [1.54, 1.807) is 0 Å². The zero-order valence-corrected chi connectivity index (χ0v) is 10.3. The van der Waals surface area contributed by atoms with E-state index >= 15 is 0 Å². The Bertz CT molecular complexity index is 216. The van der Waals surface area contributed by atoms with Gasteiger partial charge in [-0.1, -0.05) is 0 Å². The fourth-order valence-electron chi connectivity index (χ4n) is 1.65. The van der Waals surface area contributed by atoms with Crippen LogP contribution in [0.2, 0.25) is 0 Å². The van der Waals surface area contributed by atoms with E-state index in [-0.39, 0.29) is 12.7 Å². The lowest BCUT2D eigenvalue weighted by atomic mass is 10.3. The number of hydrogen-bond acceptors (Lipinski definition) is 3. The first-order chi connectivity index (χ1) is 8.01. The van der Waals surface area contributed by atoms with Crippen molar-refractivity contribution in [1.82, 2.24) is 4.90 Å². The molecule has 0 saturated carbocycles. The fraction of sp³-hybridized carbons (Fsp3) is 1.00. The standard InChI is InChI=1S/C10H17ClF3NO2/c11-6-9-7-15(3-5-17-9)2-1-4-16-8-10(12,13)14/h9H,1-8H2. The number of alkyl halides is 4. The molecule has 1 unspecified atom stereocenters. The van der Waals surface area contributed by atoms with Crippen LogP contribution in [0.5, 0.6) is 0 Å². The molecule has 7 heteroatoms. The van der Waals surface area contributed by atoms with Crippen LogP contribution in [-0.4, -0.2) is 62.5 Å². The third kappa shape index (κ3) is 7.08. The Labute approximate surface area is 104 Å².